The predicted octanol–water partition coefficient (Wildman–Crippen LogP) is 4.29. The molecular weight excluding hydrogens is 432 g/mol. The summed E-state index contributed by atoms with van der Waals surface area (Å²) in [4.78, 5) is 26.6. The summed E-state index contributed by atoms with van der Waals surface area (Å²) < 4.78 is 6.63. The van der Waals surface area contributed by atoms with Crippen molar-refractivity contribution >= 4 is 27.7 Å². The number of amides is 2. The van der Waals surface area contributed by atoms with E-state index < -0.39 is 6.04 Å². The van der Waals surface area contributed by atoms with Crippen molar-refractivity contribution in [1.82, 2.24) is 10.2 Å². The van der Waals surface area contributed by atoms with Crippen LogP contribution in [0.15, 0.2) is 53.0 Å². The van der Waals surface area contributed by atoms with E-state index in [0.717, 1.165) is 10.0 Å². The molecule has 1 atom stereocenters. The highest BCUT2D eigenvalue weighted by molar-refractivity contribution is 9.10. The van der Waals surface area contributed by atoms with Crippen LogP contribution in [0.1, 0.15) is 38.8 Å². The molecule has 0 saturated heterocycles. The summed E-state index contributed by atoms with van der Waals surface area (Å²) in [5.74, 6) is 0.158. The van der Waals surface area contributed by atoms with Crippen LogP contribution in [0.5, 0.6) is 5.75 Å². The van der Waals surface area contributed by atoms with Gasteiger partial charge in [-0.1, -0.05) is 61.0 Å². The van der Waals surface area contributed by atoms with E-state index in [-0.39, 0.29) is 23.8 Å². The number of ether oxygens (including phenoxy) is 1. The van der Waals surface area contributed by atoms with Crippen molar-refractivity contribution in [2.24, 2.45) is 0 Å². The minimum Gasteiger partial charge on any atom is -0.484 e. The SMILES string of the molecule is CNC(=O)C(C)N(Cc1cccc(Br)c1)C(=O)COc1ccc(C(C)(C)C)cc1. The Kier molecular flexibility index (Phi) is 7.85. The molecule has 0 fully saturated rings. The van der Waals surface area contributed by atoms with E-state index in [1.54, 1.807) is 14.0 Å². The van der Waals surface area contributed by atoms with Crippen LogP contribution < -0.4 is 10.1 Å². The molecule has 0 aliphatic rings. The zero-order valence-electron chi connectivity index (χ0n) is 17.7. The van der Waals surface area contributed by atoms with Crippen LogP contribution in [0.25, 0.3) is 0 Å². The van der Waals surface area contributed by atoms with E-state index in [1.165, 1.54) is 10.5 Å². The molecule has 0 spiro atoms. The maximum atomic E-state index is 12.9. The minimum atomic E-state index is -0.613. The summed E-state index contributed by atoms with van der Waals surface area (Å²) in [5.41, 5.74) is 2.18. The molecule has 0 heterocycles. The quantitative estimate of drug-likeness (QED) is 0.670. The van der Waals surface area contributed by atoms with Crippen molar-refractivity contribution in [2.75, 3.05) is 13.7 Å². The Balaban J connectivity index is 2.11. The van der Waals surface area contributed by atoms with Gasteiger partial charge in [-0.15, -0.1) is 0 Å². The summed E-state index contributed by atoms with van der Waals surface area (Å²) >= 11 is 3.44. The van der Waals surface area contributed by atoms with Crippen molar-refractivity contribution in [2.45, 2.75) is 45.7 Å². The fourth-order valence-corrected chi connectivity index (χ4v) is 3.35. The van der Waals surface area contributed by atoms with Gasteiger partial charge in [-0.05, 0) is 47.7 Å². The molecule has 0 aliphatic carbocycles. The van der Waals surface area contributed by atoms with E-state index in [9.17, 15) is 9.59 Å². The van der Waals surface area contributed by atoms with Gasteiger partial charge in [0.15, 0.2) is 6.61 Å². The van der Waals surface area contributed by atoms with E-state index >= 15 is 0 Å². The minimum absolute atomic E-state index is 0.0536. The third-order valence-corrected chi connectivity index (χ3v) is 5.23. The summed E-state index contributed by atoms with van der Waals surface area (Å²) in [7, 11) is 1.56. The van der Waals surface area contributed by atoms with E-state index in [4.69, 9.17) is 4.74 Å². The van der Waals surface area contributed by atoms with E-state index in [2.05, 4.69) is 42.0 Å². The van der Waals surface area contributed by atoms with E-state index in [0.29, 0.717) is 12.3 Å². The van der Waals surface area contributed by atoms with Gasteiger partial charge in [0.2, 0.25) is 5.91 Å². The fourth-order valence-electron chi connectivity index (χ4n) is 2.90. The molecule has 0 bridgehead atoms. The molecular formula is C23H29BrN2O3. The first-order valence-corrected chi connectivity index (χ1v) is 10.4. The second-order valence-electron chi connectivity index (χ2n) is 8.00. The van der Waals surface area contributed by atoms with Crippen LogP contribution in [0.4, 0.5) is 0 Å². The lowest BCUT2D eigenvalue weighted by molar-refractivity contribution is -0.142. The molecule has 1 N–H and O–H groups in total. The first-order valence-electron chi connectivity index (χ1n) is 9.60. The van der Waals surface area contributed by atoms with Gasteiger partial charge in [0.1, 0.15) is 11.8 Å². The smallest absolute Gasteiger partial charge is 0.261 e. The molecule has 156 valence electrons. The van der Waals surface area contributed by atoms with Gasteiger partial charge in [0, 0.05) is 18.1 Å². The Morgan fingerprint density at radius 1 is 1.14 bits per heavy atom. The molecule has 0 radical (unpaired) electrons. The van der Waals surface area contributed by atoms with Crippen LogP contribution in [-0.2, 0) is 21.5 Å². The molecule has 0 aromatic heterocycles. The molecule has 6 heteroatoms. The average Bonchev–Trinajstić information content (AvgIpc) is 2.68. The Hall–Kier alpha value is -2.34. The Morgan fingerprint density at radius 2 is 1.79 bits per heavy atom. The number of likely N-dealkylation sites (N-methyl/N-ethyl adjacent to an activating group) is 1. The highest BCUT2D eigenvalue weighted by Crippen LogP contribution is 2.24. The van der Waals surface area contributed by atoms with E-state index in [1.807, 2.05) is 48.5 Å². The van der Waals surface area contributed by atoms with Gasteiger partial charge in [-0.25, -0.2) is 0 Å². The van der Waals surface area contributed by atoms with Crippen LogP contribution in [0.3, 0.4) is 0 Å². The number of nitrogens with zero attached hydrogens (tertiary/aromatic N) is 1. The lowest BCUT2D eigenvalue weighted by Gasteiger charge is -2.28. The molecule has 0 saturated carbocycles. The molecule has 29 heavy (non-hydrogen) atoms. The second-order valence-corrected chi connectivity index (χ2v) is 8.92. The molecule has 0 aliphatic heterocycles. The topological polar surface area (TPSA) is 58.6 Å². The van der Waals surface area contributed by atoms with Gasteiger partial charge in [0.25, 0.3) is 5.91 Å². The molecule has 1 unspecified atom stereocenters. The van der Waals surface area contributed by atoms with Crippen molar-refractivity contribution in [3.05, 3.63) is 64.1 Å². The lowest BCUT2D eigenvalue weighted by Crippen LogP contribution is -2.48. The number of carbonyl (C=O) groups is 2. The molecule has 2 rings (SSSR count). The fraction of sp³-hybridized carbons (Fsp3) is 0.391. The number of carbonyl (C=O) groups excluding carboxylic acids is 2. The first kappa shape index (κ1) is 22.9. The van der Waals surface area contributed by atoms with Crippen molar-refractivity contribution in [3.63, 3.8) is 0 Å². The lowest BCUT2D eigenvalue weighted by atomic mass is 9.87. The van der Waals surface area contributed by atoms with Gasteiger partial charge in [-0.3, -0.25) is 9.59 Å². The maximum absolute atomic E-state index is 12.9. The van der Waals surface area contributed by atoms with Crippen molar-refractivity contribution in [1.29, 1.82) is 0 Å². The Morgan fingerprint density at radius 3 is 2.34 bits per heavy atom. The third-order valence-electron chi connectivity index (χ3n) is 4.74. The number of hydrogen-bond acceptors (Lipinski definition) is 3. The first-order chi connectivity index (χ1) is 13.6. The molecule has 2 amide bonds. The summed E-state index contributed by atoms with van der Waals surface area (Å²) in [6, 6.07) is 14.8. The zero-order valence-corrected chi connectivity index (χ0v) is 19.2. The number of benzene rings is 2. The van der Waals surface area contributed by atoms with Crippen LogP contribution in [-0.4, -0.2) is 36.4 Å². The normalized spacial score (nSPS) is 12.2. The monoisotopic (exact) mass is 460 g/mol. The maximum Gasteiger partial charge on any atom is 0.261 e. The van der Waals surface area contributed by atoms with Crippen LogP contribution in [0, 0.1) is 0 Å². The largest absolute Gasteiger partial charge is 0.484 e. The van der Waals surface area contributed by atoms with Crippen molar-refractivity contribution < 1.29 is 14.3 Å². The molecule has 2 aromatic carbocycles. The number of nitrogens with one attached hydrogen (secondary N) is 1. The van der Waals surface area contributed by atoms with Crippen LogP contribution in [0.2, 0.25) is 0 Å². The summed E-state index contributed by atoms with van der Waals surface area (Å²) in [5, 5.41) is 2.61. The highest BCUT2D eigenvalue weighted by Gasteiger charge is 2.26. The van der Waals surface area contributed by atoms with Gasteiger partial charge in [-0.2, -0.15) is 0 Å². The Bertz CT molecular complexity index is 844. The highest BCUT2D eigenvalue weighted by atomic mass is 79.9. The van der Waals surface area contributed by atoms with Gasteiger partial charge >= 0.3 is 0 Å². The molecule has 5 nitrogen and oxygen atoms in total. The number of halogens is 1. The summed E-state index contributed by atoms with van der Waals surface area (Å²) in [6.45, 7) is 8.33. The standard InChI is InChI=1S/C23H29BrN2O3/c1-16(22(28)25-5)26(14-17-7-6-8-19(24)13-17)21(27)15-29-20-11-9-18(10-12-20)23(2,3)4/h6-13,16H,14-15H2,1-5H3,(H,25,28). The number of hydrogen-bond donors (Lipinski definition) is 1. The second kappa shape index (κ2) is 9.92. The number of rotatable bonds is 7. The predicted molar refractivity (Wildman–Crippen MR) is 119 cm³/mol. The van der Waals surface area contributed by atoms with Gasteiger partial charge < -0.3 is 15.0 Å². The third kappa shape index (κ3) is 6.60. The molecule has 2 aromatic rings. The average molecular weight is 461 g/mol. The Labute approximate surface area is 181 Å². The van der Waals surface area contributed by atoms with Crippen LogP contribution >= 0.6 is 15.9 Å². The van der Waals surface area contributed by atoms with Crippen molar-refractivity contribution in [3.8, 4) is 5.75 Å². The zero-order chi connectivity index (χ0) is 21.6. The van der Waals surface area contributed by atoms with Gasteiger partial charge in [0.05, 0.1) is 0 Å². The summed E-state index contributed by atoms with van der Waals surface area (Å²) in [6.07, 6.45) is 0.